The predicted octanol–water partition coefficient (Wildman–Crippen LogP) is 3.54. The van der Waals surface area contributed by atoms with Gasteiger partial charge in [-0.3, -0.25) is 0 Å². The SMILES string of the molecule is OC1(c2cnc(Cl)cc2Cl)CCCCC1. The van der Waals surface area contributed by atoms with Crippen LogP contribution in [0.1, 0.15) is 37.7 Å². The molecule has 1 aromatic rings. The minimum atomic E-state index is -0.799. The van der Waals surface area contributed by atoms with Crippen LogP contribution in [0.4, 0.5) is 0 Å². The fourth-order valence-electron chi connectivity index (χ4n) is 2.16. The quantitative estimate of drug-likeness (QED) is 0.769. The van der Waals surface area contributed by atoms with Crippen LogP contribution in [-0.4, -0.2) is 10.1 Å². The molecule has 0 amide bonds. The molecule has 0 spiro atoms. The summed E-state index contributed by atoms with van der Waals surface area (Å²) in [6.07, 6.45) is 6.37. The standard InChI is InChI=1S/C11H13Cl2NO/c12-9-6-10(13)14-7-8(9)11(15)4-2-1-3-5-11/h6-7,15H,1-5H2. The monoisotopic (exact) mass is 245 g/mol. The first-order valence-electron chi connectivity index (χ1n) is 5.16. The Bertz CT molecular complexity index is 362. The fourth-order valence-corrected chi connectivity index (χ4v) is 2.70. The number of hydrogen-bond acceptors (Lipinski definition) is 2. The Hall–Kier alpha value is -0.310. The van der Waals surface area contributed by atoms with Crippen molar-refractivity contribution < 1.29 is 5.11 Å². The minimum Gasteiger partial charge on any atom is -0.385 e. The summed E-state index contributed by atoms with van der Waals surface area (Å²) in [6.45, 7) is 0. The number of aromatic nitrogens is 1. The van der Waals surface area contributed by atoms with Crippen LogP contribution in [0.15, 0.2) is 12.3 Å². The fraction of sp³-hybridized carbons (Fsp3) is 0.545. The highest BCUT2D eigenvalue weighted by molar-refractivity contribution is 6.34. The summed E-state index contributed by atoms with van der Waals surface area (Å²) < 4.78 is 0. The highest BCUT2D eigenvalue weighted by Crippen LogP contribution is 2.40. The molecule has 82 valence electrons. The van der Waals surface area contributed by atoms with E-state index in [1.807, 2.05) is 0 Å². The smallest absolute Gasteiger partial charge is 0.130 e. The van der Waals surface area contributed by atoms with E-state index in [1.165, 1.54) is 6.42 Å². The van der Waals surface area contributed by atoms with Gasteiger partial charge in [0.05, 0.1) is 10.6 Å². The van der Waals surface area contributed by atoms with Gasteiger partial charge in [-0.25, -0.2) is 4.98 Å². The molecule has 1 N–H and O–H groups in total. The Kier molecular flexibility index (Phi) is 3.19. The molecule has 1 aliphatic carbocycles. The second kappa shape index (κ2) is 4.28. The molecule has 0 aliphatic heterocycles. The zero-order valence-electron chi connectivity index (χ0n) is 8.34. The molecular weight excluding hydrogens is 233 g/mol. The molecule has 0 unspecified atom stereocenters. The highest BCUT2D eigenvalue weighted by atomic mass is 35.5. The molecule has 15 heavy (non-hydrogen) atoms. The molecule has 1 heterocycles. The van der Waals surface area contributed by atoms with Crippen LogP contribution < -0.4 is 0 Å². The van der Waals surface area contributed by atoms with Crippen LogP contribution in [0.2, 0.25) is 10.2 Å². The van der Waals surface area contributed by atoms with Gasteiger partial charge in [-0.05, 0) is 18.9 Å². The van der Waals surface area contributed by atoms with E-state index in [-0.39, 0.29) is 0 Å². The minimum absolute atomic E-state index is 0.364. The van der Waals surface area contributed by atoms with Gasteiger partial charge in [0.2, 0.25) is 0 Å². The second-order valence-electron chi connectivity index (χ2n) is 4.08. The molecule has 2 rings (SSSR count). The van der Waals surface area contributed by atoms with Crippen LogP contribution in [0.25, 0.3) is 0 Å². The van der Waals surface area contributed by atoms with E-state index in [0.717, 1.165) is 25.7 Å². The van der Waals surface area contributed by atoms with Gasteiger partial charge in [-0.15, -0.1) is 0 Å². The van der Waals surface area contributed by atoms with Crippen molar-refractivity contribution in [1.29, 1.82) is 0 Å². The Morgan fingerprint density at radius 2 is 1.87 bits per heavy atom. The van der Waals surface area contributed by atoms with Gasteiger partial charge in [0.25, 0.3) is 0 Å². The Balaban J connectivity index is 2.35. The number of rotatable bonds is 1. The van der Waals surface area contributed by atoms with Gasteiger partial charge < -0.3 is 5.11 Å². The predicted molar refractivity (Wildman–Crippen MR) is 61.2 cm³/mol. The van der Waals surface area contributed by atoms with E-state index >= 15 is 0 Å². The maximum atomic E-state index is 10.4. The maximum Gasteiger partial charge on any atom is 0.130 e. The number of nitrogens with zero attached hydrogens (tertiary/aromatic N) is 1. The lowest BCUT2D eigenvalue weighted by molar-refractivity contribution is -0.000816. The lowest BCUT2D eigenvalue weighted by atomic mass is 9.80. The number of aliphatic hydroxyl groups is 1. The molecule has 0 radical (unpaired) electrons. The van der Waals surface area contributed by atoms with Crippen molar-refractivity contribution in [2.24, 2.45) is 0 Å². The van der Waals surface area contributed by atoms with Gasteiger partial charge in [-0.1, -0.05) is 42.5 Å². The summed E-state index contributed by atoms with van der Waals surface area (Å²) in [6, 6.07) is 1.59. The van der Waals surface area contributed by atoms with Crippen LogP contribution in [0, 0.1) is 0 Å². The molecule has 2 nitrogen and oxygen atoms in total. The topological polar surface area (TPSA) is 33.1 Å². The van der Waals surface area contributed by atoms with Crippen LogP contribution in [0.5, 0.6) is 0 Å². The van der Waals surface area contributed by atoms with Crippen molar-refractivity contribution in [2.45, 2.75) is 37.7 Å². The van der Waals surface area contributed by atoms with Crippen molar-refractivity contribution >= 4 is 23.2 Å². The lowest BCUT2D eigenvalue weighted by Gasteiger charge is -2.32. The number of hydrogen-bond donors (Lipinski definition) is 1. The first-order valence-corrected chi connectivity index (χ1v) is 5.91. The maximum absolute atomic E-state index is 10.4. The molecule has 1 aromatic heterocycles. The zero-order valence-corrected chi connectivity index (χ0v) is 9.85. The molecule has 1 fully saturated rings. The highest BCUT2D eigenvalue weighted by Gasteiger charge is 2.33. The van der Waals surface area contributed by atoms with Crippen LogP contribution >= 0.6 is 23.2 Å². The first-order chi connectivity index (χ1) is 7.12. The van der Waals surface area contributed by atoms with Crippen molar-refractivity contribution in [1.82, 2.24) is 4.98 Å². The van der Waals surface area contributed by atoms with E-state index < -0.39 is 5.60 Å². The summed E-state index contributed by atoms with van der Waals surface area (Å²) in [5, 5.41) is 11.3. The van der Waals surface area contributed by atoms with Crippen molar-refractivity contribution in [3.05, 3.63) is 28.0 Å². The van der Waals surface area contributed by atoms with E-state index in [2.05, 4.69) is 4.98 Å². The second-order valence-corrected chi connectivity index (χ2v) is 4.87. The van der Waals surface area contributed by atoms with Gasteiger partial charge in [-0.2, -0.15) is 0 Å². The summed E-state index contributed by atoms with van der Waals surface area (Å²) >= 11 is 11.8. The molecule has 1 saturated carbocycles. The molecule has 0 saturated heterocycles. The van der Waals surface area contributed by atoms with Crippen molar-refractivity contribution in [3.63, 3.8) is 0 Å². The molecule has 0 aromatic carbocycles. The summed E-state index contributed by atoms with van der Waals surface area (Å²) in [7, 11) is 0. The average Bonchev–Trinajstić information content (AvgIpc) is 2.18. The van der Waals surface area contributed by atoms with Gasteiger partial charge in [0.15, 0.2) is 0 Å². The molecule has 0 atom stereocenters. The molecule has 0 bridgehead atoms. The molecule has 4 heteroatoms. The Morgan fingerprint density at radius 3 is 2.47 bits per heavy atom. The van der Waals surface area contributed by atoms with E-state index in [1.54, 1.807) is 12.3 Å². The Morgan fingerprint density at radius 1 is 1.20 bits per heavy atom. The Labute approximate surface area is 99.2 Å². The van der Waals surface area contributed by atoms with Gasteiger partial charge in [0, 0.05) is 11.8 Å². The van der Waals surface area contributed by atoms with E-state index in [0.29, 0.717) is 15.7 Å². The summed E-state index contributed by atoms with van der Waals surface area (Å²) in [5.74, 6) is 0. The number of pyridine rings is 1. The summed E-state index contributed by atoms with van der Waals surface area (Å²) in [4.78, 5) is 3.98. The largest absolute Gasteiger partial charge is 0.385 e. The average molecular weight is 246 g/mol. The summed E-state index contributed by atoms with van der Waals surface area (Å²) in [5.41, 5.74) is -0.0827. The molecule has 1 aliphatic rings. The van der Waals surface area contributed by atoms with Crippen molar-refractivity contribution in [2.75, 3.05) is 0 Å². The number of halogens is 2. The third kappa shape index (κ3) is 2.27. The third-order valence-electron chi connectivity index (χ3n) is 3.00. The van der Waals surface area contributed by atoms with Crippen LogP contribution in [-0.2, 0) is 5.60 Å². The van der Waals surface area contributed by atoms with Crippen molar-refractivity contribution in [3.8, 4) is 0 Å². The third-order valence-corrected chi connectivity index (χ3v) is 3.52. The normalized spacial score (nSPS) is 20.2. The van der Waals surface area contributed by atoms with Crippen LogP contribution in [0.3, 0.4) is 0 Å². The van der Waals surface area contributed by atoms with E-state index in [9.17, 15) is 5.11 Å². The van der Waals surface area contributed by atoms with Gasteiger partial charge >= 0.3 is 0 Å². The van der Waals surface area contributed by atoms with Gasteiger partial charge in [0.1, 0.15) is 5.15 Å². The zero-order chi connectivity index (χ0) is 10.9. The molecular formula is C11H13Cl2NO. The van der Waals surface area contributed by atoms with E-state index in [4.69, 9.17) is 23.2 Å². The first kappa shape index (κ1) is 11.2. The lowest BCUT2D eigenvalue weighted by Crippen LogP contribution is -2.28.